The summed E-state index contributed by atoms with van der Waals surface area (Å²) in [4.78, 5) is 26.9. The zero-order valence-electron chi connectivity index (χ0n) is 16.1. The van der Waals surface area contributed by atoms with E-state index in [4.69, 9.17) is 0 Å². The molecule has 3 aromatic carbocycles. The number of hydrogen-bond donors (Lipinski definition) is 1. The molecule has 0 atom stereocenters. The molecule has 3 rings (SSSR count). The van der Waals surface area contributed by atoms with Crippen LogP contribution in [-0.4, -0.2) is 11.8 Å². The molecular formula is C24H24N2O2. The number of anilines is 3. The Labute approximate surface area is 165 Å². The van der Waals surface area contributed by atoms with E-state index < -0.39 is 0 Å². The van der Waals surface area contributed by atoms with Crippen LogP contribution in [-0.2, 0) is 4.79 Å². The van der Waals surface area contributed by atoms with Crippen molar-refractivity contribution in [3.63, 3.8) is 0 Å². The lowest BCUT2D eigenvalue weighted by molar-refractivity contribution is -0.116. The minimum Gasteiger partial charge on any atom is -0.326 e. The van der Waals surface area contributed by atoms with E-state index in [1.165, 1.54) is 0 Å². The number of hydrogen-bond acceptors (Lipinski definition) is 2. The summed E-state index contributed by atoms with van der Waals surface area (Å²) in [6.45, 7) is 4.01. The van der Waals surface area contributed by atoms with Gasteiger partial charge in [-0.05, 0) is 54.4 Å². The summed E-state index contributed by atoms with van der Waals surface area (Å²) in [7, 11) is 0. The smallest absolute Gasteiger partial charge is 0.262 e. The zero-order valence-corrected chi connectivity index (χ0v) is 16.1. The summed E-state index contributed by atoms with van der Waals surface area (Å²) < 4.78 is 0. The lowest BCUT2D eigenvalue weighted by atomic mass is 10.1. The van der Waals surface area contributed by atoms with Crippen molar-refractivity contribution < 1.29 is 9.59 Å². The first-order valence-corrected chi connectivity index (χ1v) is 9.39. The lowest BCUT2D eigenvalue weighted by Crippen LogP contribution is -2.25. The Kier molecular flexibility index (Phi) is 6.22. The van der Waals surface area contributed by atoms with E-state index >= 15 is 0 Å². The zero-order chi connectivity index (χ0) is 19.9. The number of benzene rings is 3. The lowest BCUT2D eigenvalue weighted by Gasteiger charge is -2.23. The van der Waals surface area contributed by atoms with Crippen molar-refractivity contribution in [1.29, 1.82) is 0 Å². The maximum Gasteiger partial charge on any atom is 0.262 e. The summed E-state index contributed by atoms with van der Waals surface area (Å²) in [5, 5.41) is 2.87. The second kappa shape index (κ2) is 9.00. The van der Waals surface area contributed by atoms with E-state index in [2.05, 4.69) is 5.32 Å². The first-order valence-electron chi connectivity index (χ1n) is 9.39. The third-order valence-corrected chi connectivity index (χ3v) is 4.24. The van der Waals surface area contributed by atoms with E-state index in [0.717, 1.165) is 11.4 Å². The van der Waals surface area contributed by atoms with Gasteiger partial charge < -0.3 is 5.32 Å². The number of carbonyl (C=O) groups is 2. The Morgan fingerprint density at radius 1 is 0.786 bits per heavy atom. The SMILES string of the molecule is CC(C)CC(=O)Nc1ccc(C(=O)N(c2ccccc2)c2ccccc2)cc1. The van der Waals surface area contributed by atoms with Gasteiger partial charge in [0.2, 0.25) is 5.91 Å². The van der Waals surface area contributed by atoms with Gasteiger partial charge in [-0.3, -0.25) is 14.5 Å². The Bertz CT molecular complexity index is 880. The molecule has 0 saturated heterocycles. The molecule has 0 aliphatic carbocycles. The van der Waals surface area contributed by atoms with Crippen LogP contribution in [0.2, 0.25) is 0 Å². The van der Waals surface area contributed by atoms with Crippen LogP contribution >= 0.6 is 0 Å². The molecule has 0 aliphatic rings. The molecule has 0 aliphatic heterocycles. The molecule has 4 heteroatoms. The van der Waals surface area contributed by atoms with Gasteiger partial charge in [0.25, 0.3) is 5.91 Å². The normalized spacial score (nSPS) is 10.5. The number of carbonyl (C=O) groups excluding carboxylic acids is 2. The third-order valence-electron chi connectivity index (χ3n) is 4.24. The molecule has 142 valence electrons. The van der Waals surface area contributed by atoms with Gasteiger partial charge in [0.05, 0.1) is 0 Å². The summed E-state index contributed by atoms with van der Waals surface area (Å²) in [6, 6.07) is 26.1. The topological polar surface area (TPSA) is 49.4 Å². The number of rotatable bonds is 6. The van der Waals surface area contributed by atoms with Crippen LogP contribution < -0.4 is 10.2 Å². The average Bonchev–Trinajstić information content (AvgIpc) is 2.70. The molecule has 0 spiro atoms. The quantitative estimate of drug-likeness (QED) is 0.608. The molecule has 28 heavy (non-hydrogen) atoms. The maximum atomic E-state index is 13.3. The third kappa shape index (κ3) is 4.86. The molecule has 4 nitrogen and oxygen atoms in total. The van der Waals surface area contributed by atoms with E-state index in [-0.39, 0.29) is 11.8 Å². The van der Waals surface area contributed by atoms with Crippen LogP contribution in [0.5, 0.6) is 0 Å². The molecule has 0 heterocycles. The molecule has 0 bridgehead atoms. The number of amides is 2. The van der Waals surface area contributed by atoms with Crippen LogP contribution in [0.4, 0.5) is 17.1 Å². The van der Waals surface area contributed by atoms with Crippen molar-refractivity contribution in [1.82, 2.24) is 0 Å². The van der Waals surface area contributed by atoms with Crippen molar-refractivity contribution in [2.75, 3.05) is 10.2 Å². The minimum absolute atomic E-state index is 0.0238. The van der Waals surface area contributed by atoms with Crippen molar-refractivity contribution >= 4 is 28.9 Å². The van der Waals surface area contributed by atoms with Crippen LogP contribution in [0.15, 0.2) is 84.9 Å². The number of nitrogens with zero attached hydrogens (tertiary/aromatic N) is 1. The van der Waals surface area contributed by atoms with E-state index in [1.54, 1.807) is 29.2 Å². The predicted molar refractivity (Wildman–Crippen MR) is 114 cm³/mol. The summed E-state index contributed by atoms with van der Waals surface area (Å²) in [5.74, 6) is 0.146. The molecule has 0 radical (unpaired) electrons. The average molecular weight is 372 g/mol. The fourth-order valence-corrected chi connectivity index (χ4v) is 2.95. The predicted octanol–water partition coefficient (Wildman–Crippen LogP) is 5.65. The van der Waals surface area contributed by atoms with Crippen LogP contribution in [0.3, 0.4) is 0 Å². The highest BCUT2D eigenvalue weighted by molar-refractivity contribution is 6.11. The second-order valence-corrected chi connectivity index (χ2v) is 7.04. The highest BCUT2D eigenvalue weighted by Crippen LogP contribution is 2.27. The molecule has 0 fully saturated rings. The van der Waals surface area contributed by atoms with E-state index in [0.29, 0.717) is 23.6 Å². The highest BCUT2D eigenvalue weighted by atomic mass is 16.2. The number of para-hydroxylation sites is 2. The summed E-state index contributed by atoms with van der Waals surface area (Å²) in [6.07, 6.45) is 0.469. The summed E-state index contributed by atoms with van der Waals surface area (Å²) in [5.41, 5.74) is 2.84. The standard InChI is InChI=1S/C24H24N2O2/c1-18(2)17-23(27)25-20-15-13-19(14-16-20)24(28)26(21-9-5-3-6-10-21)22-11-7-4-8-12-22/h3-16,18H,17H2,1-2H3,(H,25,27). The van der Waals surface area contributed by atoms with Gasteiger partial charge in [-0.2, -0.15) is 0 Å². The highest BCUT2D eigenvalue weighted by Gasteiger charge is 2.19. The Balaban J connectivity index is 1.84. The van der Waals surface area contributed by atoms with Gasteiger partial charge in [0, 0.05) is 29.0 Å². The van der Waals surface area contributed by atoms with Crippen molar-refractivity contribution in [3.05, 3.63) is 90.5 Å². The molecular weight excluding hydrogens is 348 g/mol. The van der Waals surface area contributed by atoms with Gasteiger partial charge in [-0.25, -0.2) is 0 Å². The Hall–Kier alpha value is -3.40. The fourth-order valence-electron chi connectivity index (χ4n) is 2.95. The fraction of sp³-hybridized carbons (Fsp3) is 0.167. The van der Waals surface area contributed by atoms with E-state index in [9.17, 15) is 9.59 Å². The molecule has 0 saturated carbocycles. The second-order valence-electron chi connectivity index (χ2n) is 7.04. The van der Waals surface area contributed by atoms with Gasteiger partial charge >= 0.3 is 0 Å². The first kappa shape index (κ1) is 19.4. The molecule has 3 aromatic rings. The van der Waals surface area contributed by atoms with Crippen molar-refractivity contribution in [2.24, 2.45) is 5.92 Å². The maximum absolute atomic E-state index is 13.3. The summed E-state index contributed by atoms with van der Waals surface area (Å²) >= 11 is 0. The molecule has 0 unspecified atom stereocenters. The van der Waals surface area contributed by atoms with Crippen molar-refractivity contribution in [3.8, 4) is 0 Å². The molecule has 1 N–H and O–H groups in total. The number of nitrogens with one attached hydrogen (secondary N) is 1. The Morgan fingerprint density at radius 3 is 1.75 bits per heavy atom. The molecule has 0 aromatic heterocycles. The van der Waals surface area contributed by atoms with Gasteiger partial charge in [0.15, 0.2) is 0 Å². The van der Waals surface area contributed by atoms with Crippen molar-refractivity contribution in [2.45, 2.75) is 20.3 Å². The van der Waals surface area contributed by atoms with Gasteiger partial charge in [0.1, 0.15) is 0 Å². The monoisotopic (exact) mass is 372 g/mol. The minimum atomic E-state index is -0.127. The largest absolute Gasteiger partial charge is 0.326 e. The van der Waals surface area contributed by atoms with Crippen LogP contribution in [0.1, 0.15) is 30.6 Å². The van der Waals surface area contributed by atoms with Crippen LogP contribution in [0.25, 0.3) is 0 Å². The first-order chi connectivity index (χ1) is 13.5. The Morgan fingerprint density at radius 2 is 1.29 bits per heavy atom. The van der Waals surface area contributed by atoms with Crippen LogP contribution in [0, 0.1) is 5.92 Å². The van der Waals surface area contributed by atoms with E-state index in [1.807, 2.05) is 74.5 Å². The van der Waals surface area contributed by atoms with Gasteiger partial charge in [-0.15, -0.1) is 0 Å². The van der Waals surface area contributed by atoms with Gasteiger partial charge in [-0.1, -0.05) is 50.2 Å². The molecule has 2 amide bonds.